The average molecular weight is 227 g/mol. The molecule has 0 aromatic rings. The van der Waals surface area contributed by atoms with E-state index in [1.807, 2.05) is 0 Å². The van der Waals surface area contributed by atoms with E-state index < -0.39 is 0 Å². The SMILES string of the molecule is CCCCCCC(C)NCCOCC1CC1. The normalized spacial score (nSPS) is 17.6. The van der Waals surface area contributed by atoms with E-state index in [1.54, 1.807) is 0 Å². The number of ether oxygens (including phenoxy) is 1. The molecular formula is C14H29NO. The van der Waals surface area contributed by atoms with E-state index in [9.17, 15) is 0 Å². The van der Waals surface area contributed by atoms with E-state index in [4.69, 9.17) is 4.74 Å². The summed E-state index contributed by atoms with van der Waals surface area (Å²) < 4.78 is 5.59. The van der Waals surface area contributed by atoms with Gasteiger partial charge in [0.1, 0.15) is 0 Å². The molecule has 1 N–H and O–H groups in total. The molecule has 2 nitrogen and oxygen atoms in total. The molecule has 0 aromatic carbocycles. The third-order valence-corrected chi connectivity index (χ3v) is 3.28. The zero-order valence-electron chi connectivity index (χ0n) is 11.1. The summed E-state index contributed by atoms with van der Waals surface area (Å²) in [7, 11) is 0. The maximum absolute atomic E-state index is 5.59. The van der Waals surface area contributed by atoms with E-state index in [2.05, 4.69) is 19.2 Å². The summed E-state index contributed by atoms with van der Waals surface area (Å²) in [6, 6.07) is 0.654. The molecule has 0 radical (unpaired) electrons. The van der Waals surface area contributed by atoms with Gasteiger partial charge in [-0.3, -0.25) is 0 Å². The summed E-state index contributed by atoms with van der Waals surface area (Å²) in [5, 5.41) is 3.53. The van der Waals surface area contributed by atoms with E-state index in [0.717, 1.165) is 25.7 Å². The van der Waals surface area contributed by atoms with Crippen molar-refractivity contribution in [2.45, 2.75) is 64.8 Å². The summed E-state index contributed by atoms with van der Waals surface area (Å²) in [5.41, 5.74) is 0. The first-order chi connectivity index (χ1) is 7.83. The third kappa shape index (κ3) is 8.12. The van der Waals surface area contributed by atoms with Crippen molar-refractivity contribution in [1.29, 1.82) is 0 Å². The molecule has 0 amide bonds. The molecule has 2 heteroatoms. The third-order valence-electron chi connectivity index (χ3n) is 3.28. The highest BCUT2D eigenvalue weighted by Crippen LogP contribution is 2.28. The van der Waals surface area contributed by atoms with Gasteiger partial charge in [-0.15, -0.1) is 0 Å². The van der Waals surface area contributed by atoms with Crippen molar-refractivity contribution in [3.05, 3.63) is 0 Å². The minimum atomic E-state index is 0.654. The van der Waals surface area contributed by atoms with Gasteiger partial charge in [0.15, 0.2) is 0 Å². The Morgan fingerprint density at radius 2 is 2.06 bits per heavy atom. The summed E-state index contributed by atoms with van der Waals surface area (Å²) in [5.74, 6) is 0.895. The first-order valence-corrected chi connectivity index (χ1v) is 7.14. The van der Waals surface area contributed by atoms with Gasteiger partial charge >= 0.3 is 0 Å². The van der Waals surface area contributed by atoms with Crippen molar-refractivity contribution < 1.29 is 4.74 Å². The van der Waals surface area contributed by atoms with Crippen LogP contribution in [0, 0.1) is 5.92 Å². The molecule has 1 aliphatic carbocycles. The van der Waals surface area contributed by atoms with Gasteiger partial charge in [-0.2, -0.15) is 0 Å². The van der Waals surface area contributed by atoms with E-state index in [1.165, 1.54) is 44.9 Å². The average Bonchev–Trinajstić information content (AvgIpc) is 3.08. The Kier molecular flexibility index (Phi) is 7.87. The molecule has 1 rings (SSSR count). The molecule has 0 saturated heterocycles. The van der Waals surface area contributed by atoms with Crippen molar-refractivity contribution in [2.24, 2.45) is 5.92 Å². The second-order valence-corrected chi connectivity index (χ2v) is 5.22. The number of hydrogen-bond acceptors (Lipinski definition) is 2. The predicted molar refractivity (Wildman–Crippen MR) is 69.8 cm³/mol. The van der Waals surface area contributed by atoms with Crippen molar-refractivity contribution in [3.8, 4) is 0 Å². The van der Waals surface area contributed by atoms with Crippen LogP contribution in [0.3, 0.4) is 0 Å². The fraction of sp³-hybridized carbons (Fsp3) is 1.00. The highest BCUT2D eigenvalue weighted by Gasteiger charge is 2.20. The van der Waals surface area contributed by atoms with Crippen molar-refractivity contribution in [3.63, 3.8) is 0 Å². The second-order valence-electron chi connectivity index (χ2n) is 5.22. The zero-order valence-corrected chi connectivity index (χ0v) is 11.1. The van der Waals surface area contributed by atoms with Crippen LogP contribution in [0.2, 0.25) is 0 Å². The number of rotatable bonds is 11. The lowest BCUT2D eigenvalue weighted by Gasteiger charge is -2.13. The Bertz CT molecular complexity index is 157. The van der Waals surface area contributed by atoms with Crippen LogP contribution in [0.25, 0.3) is 0 Å². The molecule has 1 fully saturated rings. The maximum Gasteiger partial charge on any atom is 0.0591 e. The van der Waals surface area contributed by atoms with Gasteiger partial charge in [0.25, 0.3) is 0 Å². The number of hydrogen-bond donors (Lipinski definition) is 1. The molecule has 0 aromatic heterocycles. The Balaban J connectivity index is 1.75. The monoisotopic (exact) mass is 227 g/mol. The van der Waals surface area contributed by atoms with Crippen LogP contribution in [0.5, 0.6) is 0 Å². The molecule has 0 bridgehead atoms. The van der Waals surface area contributed by atoms with Crippen molar-refractivity contribution in [2.75, 3.05) is 19.8 Å². The van der Waals surface area contributed by atoms with E-state index in [0.29, 0.717) is 6.04 Å². The lowest BCUT2D eigenvalue weighted by molar-refractivity contribution is 0.124. The second kappa shape index (κ2) is 9.00. The molecule has 1 unspecified atom stereocenters. The Morgan fingerprint density at radius 1 is 1.25 bits per heavy atom. The van der Waals surface area contributed by atoms with Gasteiger partial charge in [-0.05, 0) is 32.1 Å². The molecule has 0 heterocycles. The smallest absolute Gasteiger partial charge is 0.0591 e. The largest absolute Gasteiger partial charge is 0.380 e. The molecule has 1 aliphatic rings. The summed E-state index contributed by atoms with van der Waals surface area (Å²) in [6.07, 6.45) is 9.56. The van der Waals surface area contributed by atoms with Gasteiger partial charge in [-0.25, -0.2) is 0 Å². The topological polar surface area (TPSA) is 21.3 Å². The van der Waals surface area contributed by atoms with Crippen LogP contribution in [-0.2, 0) is 4.74 Å². The fourth-order valence-corrected chi connectivity index (χ4v) is 1.89. The van der Waals surface area contributed by atoms with Crippen LogP contribution < -0.4 is 5.32 Å². The minimum Gasteiger partial charge on any atom is -0.380 e. The van der Waals surface area contributed by atoms with E-state index >= 15 is 0 Å². The lowest BCUT2D eigenvalue weighted by atomic mass is 10.1. The number of nitrogens with one attached hydrogen (secondary N) is 1. The van der Waals surface area contributed by atoms with Gasteiger partial charge in [-0.1, -0.05) is 32.6 Å². The lowest BCUT2D eigenvalue weighted by Crippen LogP contribution is -2.29. The number of unbranched alkanes of at least 4 members (excludes halogenated alkanes) is 3. The molecule has 16 heavy (non-hydrogen) atoms. The molecule has 0 spiro atoms. The van der Waals surface area contributed by atoms with Crippen LogP contribution in [-0.4, -0.2) is 25.8 Å². The fourth-order valence-electron chi connectivity index (χ4n) is 1.89. The van der Waals surface area contributed by atoms with Gasteiger partial charge in [0.2, 0.25) is 0 Å². The molecule has 0 aliphatic heterocycles. The van der Waals surface area contributed by atoms with Crippen molar-refractivity contribution >= 4 is 0 Å². The van der Waals surface area contributed by atoms with Crippen LogP contribution in [0.1, 0.15) is 58.8 Å². The molecule has 96 valence electrons. The van der Waals surface area contributed by atoms with Crippen molar-refractivity contribution in [1.82, 2.24) is 5.32 Å². The van der Waals surface area contributed by atoms with Crippen LogP contribution in [0.15, 0.2) is 0 Å². The quantitative estimate of drug-likeness (QED) is 0.546. The van der Waals surface area contributed by atoms with Gasteiger partial charge in [0, 0.05) is 19.2 Å². The highest BCUT2D eigenvalue weighted by atomic mass is 16.5. The zero-order chi connectivity index (χ0) is 11.6. The van der Waals surface area contributed by atoms with Crippen LogP contribution >= 0.6 is 0 Å². The minimum absolute atomic E-state index is 0.654. The van der Waals surface area contributed by atoms with Gasteiger partial charge in [0.05, 0.1) is 6.61 Å². The van der Waals surface area contributed by atoms with Crippen LogP contribution in [0.4, 0.5) is 0 Å². The highest BCUT2D eigenvalue weighted by molar-refractivity contribution is 4.72. The van der Waals surface area contributed by atoms with Gasteiger partial charge < -0.3 is 10.1 Å². The Labute approximate surface area is 101 Å². The summed E-state index contributed by atoms with van der Waals surface area (Å²) in [4.78, 5) is 0. The summed E-state index contributed by atoms with van der Waals surface area (Å²) in [6.45, 7) is 7.44. The Morgan fingerprint density at radius 3 is 2.75 bits per heavy atom. The molecule has 1 atom stereocenters. The standard InChI is InChI=1S/C14H29NO/c1-3-4-5-6-7-13(2)15-10-11-16-12-14-8-9-14/h13-15H,3-12H2,1-2H3. The summed E-state index contributed by atoms with van der Waals surface area (Å²) >= 11 is 0. The predicted octanol–water partition coefficient (Wildman–Crippen LogP) is 3.36. The molecular weight excluding hydrogens is 198 g/mol. The Hall–Kier alpha value is -0.0800. The first-order valence-electron chi connectivity index (χ1n) is 7.14. The maximum atomic E-state index is 5.59. The first kappa shape index (κ1) is 14.0. The molecule has 1 saturated carbocycles. The van der Waals surface area contributed by atoms with E-state index in [-0.39, 0.29) is 0 Å².